The summed E-state index contributed by atoms with van der Waals surface area (Å²) in [4.78, 5) is 19.3. The van der Waals surface area contributed by atoms with Gasteiger partial charge in [0.1, 0.15) is 0 Å². The highest BCUT2D eigenvalue weighted by Crippen LogP contribution is 2.28. The van der Waals surface area contributed by atoms with Gasteiger partial charge in [0, 0.05) is 12.6 Å². The molecule has 3 aliphatic rings. The van der Waals surface area contributed by atoms with E-state index in [9.17, 15) is 4.79 Å². The zero-order chi connectivity index (χ0) is 13.5. The molecule has 0 radical (unpaired) electrons. The van der Waals surface area contributed by atoms with E-state index in [-0.39, 0.29) is 30.7 Å². The highest BCUT2D eigenvalue weighted by atomic mass is 35.5. The second kappa shape index (κ2) is 7.13. The molecule has 0 spiro atoms. The van der Waals surface area contributed by atoms with Crippen molar-refractivity contribution in [3.63, 3.8) is 0 Å². The molecule has 4 heterocycles. The van der Waals surface area contributed by atoms with Gasteiger partial charge < -0.3 is 10.2 Å². The molecule has 0 saturated carbocycles. The summed E-state index contributed by atoms with van der Waals surface area (Å²) in [6.07, 6.45) is 2.43. The summed E-state index contributed by atoms with van der Waals surface area (Å²) in [6, 6.07) is 6.13. The maximum Gasteiger partial charge on any atom is 0.253 e. The van der Waals surface area contributed by atoms with Gasteiger partial charge in [-0.05, 0) is 44.0 Å². The predicted molar refractivity (Wildman–Crippen MR) is 94.5 cm³/mol. The topological polar surface area (TPSA) is 45.2 Å². The quantitative estimate of drug-likeness (QED) is 0.896. The molecule has 3 aliphatic heterocycles. The van der Waals surface area contributed by atoms with Gasteiger partial charge in [-0.3, -0.25) is 4.79 Å². The summed E-state index contributed by atoms with van der Waals surface area (Å²) >= 11 is 1.58. The number of halogens is 2. The first-order chi connectivity index (χ1) is 9.81. The molecule has 120 valence electrons. The van der Waals surface area contributed by atoms with E-state index in [0.29, 0.717) is 17.5 Å². The third-order valence-electron chi connectivity index (χ3n) is 4.58. The van der Waals surface area contributed by atoms with E-state index in [4.69, 9.17) is 0 Å². The minimum atomic E-state index is 0. The van der Waals surface area contributed by atoms with Crippen LogP contribution in [0.15, 0.2) is 23.7 Å². The van der Waals surface area contributed by atoms with Crippen LogP contribution in [-0.4, -0.2) is 41.5 Å². The van der Waals surface area contributed by atoms with Crippen LogP contribution in [-0.2, 0) is 0 Å². The van der Waals surface area contributed by atoms with Gasteiger partial charge >= 0.3 is 0 Å². The molecule has 2 bridgehead atoms. The zero-order valence-electron chi connectivity index (χ0n) is 12.0. The van der Waals surface area contributed by atoms with E-state index >= 15 is 0 Å². The number of thiazole rings is 1. The van der Waals surface area contributed by atoms with E-state index in [1.807, 2.05) is 18.2 Å². The number of hydrogen-bond donors (Lipinski definition) is 1. The molecule has 3 fully saturated rings. The molecule has 1 atom stereocenters. The van der Waals surface area contributed by atoms with Crippen molar-refractivity contribution in [2.45, 2.75) is 18.9 Å². The Hall–Kier alpha value is -0.880. The average Bonchev–Trinajstić information content (AvgIpc) is 2.96. The summed E-state index contributed by atoms with van der Waals surface area (Å²) in [5, 5.41) is 3.23. The number of piperidine rings is 3. The molecular weight excluding hydrogens is 341 g/mol. The van der Waals surface area contributed by atoms with Gasteiger partial charge in [0.25, 0.3) is 5.91 Å². The zero-order valence-corrected chi connectivity index (χ0v) is 14.5. The van der Waals surface area contributed by atoms with Gasteiger partial charge in [0.2, 0.25) is 0 Å². The minimum absolute atomic E-state index is 0. The van der Waals surface area contributed by atoms with Crippen LogP contribution in [0, 0.1) is 5.92 Å². The molecule has 2 aromatic rings. The second-order valence-corrected chi connectivity index (χ2v) is 6.61. The number of hydrogen-bond acceptors (Lipinski definition) is 4. The Morgan fingerprint density at radius 3 is 2.73 bits per heavy atom. The number of fused-ring (bicyclic) bond motifs is 4. The number of amides is 1. The molecule has 5 rings (SSSR count). The number of para-hydroxylation sites is 1. The fourth-order valence-electron chi connectivity index (χ4n) is 3.44. The number of nitrogens with zero attached hydrogens (tertiary/aromatic N) is 2. The lowest BCUT2D eigenvalue weighted by Crippen LogP contribution is -2.57. The average molecular weight is 360 g/mol. The monoisotopic (exact) mass is 359 g/mol. The first-order valence-electron chi connectivity index (χ1n) is 7.17. The number of carbonyl (C=O) groups excluding carboxylic acids is 1. The van der Waals surface area contributed by atoms with E-state index in [1.54, 1.807) is 16.8 Å². The summed E-state index contributed by atoms with van der Waals surface area (Å²) in [5.74, 6) is 0.679. The van der Waals surface area contributed by atoms with Crippen LogP contribution in [0.4, 0.5) is 0 Å². The molecule has 7 heteroatoms. The first kappa shape index (κ1) is 17.5. The summed E-state index contributed by atoms with van der Waals surface area (Å²) in [6.45, 7) is 3.39. The third kappa shape index (κ3) is 3.08. The maximum atomic E-state index is 12.5. The van der Waals surface area contributed by atoms with Crippen molar-refractivity contribution in [1.29, 1.82) is 0 Å². The van der Waals surface area contributed by atoms with Crippen molar-refractivity contribution in [1.82, 2.24) is 15.2 Å². The van der Waals surface area contributed by atoms with Crippen molar-refractivity contribution >= 4 is 52.3 Å². The highest BCUT2D eigenvalue weighted by Gasteiger charge is 2.35. The van der Waals surface area contributed by atoms with E-state index in [0.717, 1.165) is 16.8 Å². The molecule has 1 unspecified atom stereocenters. The SMILES string of the molecule is Cl.Cl.O=C(NC1CN2CCC1CC2)c1cccc2scnc12. The van der Waals surface area contributed by atoms with Crippen LogP contribution in [0.2, 0.25) is 0 Å². The molecule has 1 amide bonds. The molecule has 1 aromatic carbocycles. The van der Waals surface area contributed by atoms with Crippen LogP contribution in [0.1, 0.15) is 23.2 Å². The number of carbonyl (C=O) groups is 1. The van der Waals surface area contributed by atoms with E-state index in [2.05, 4.69) is 15.2 Å². The number of nitrogens with one attached hydrogen (secondary N) is 1. The van der Waals surface area contributed by atoms with Crippen LogP contribution >= 0.6 is 36.2 Å². The molecule has 3 saturated heterocycles. The summed E-state index contributed by atoms with van der Waals surface area (Å²) < 4.78 is 1.08. The standard InChI is InChI=1S/C15H17N3OS.2ClH/c19-15(11-2-1-3-13-14(11)16-9-20-13)17-12-8-18-6-4-10(12)5-7-18;;/h1-3,9-10,12H,4-8H2,(H,17,19);2*1H. The summed E-state index contributed by atoms with van der Waals surface area (Å²) in [5.41, 5.74) is 3.34. The molecule has 1 aromatic heterocycles. The molecule has 22 heavy (non-hydrogen) atoms. The van der Waals surface area contributed by atoms with Gasteiger partial charge in [-0.25, -0.2) is 4.98 Å². The van der Waals surface area contributed by atoms with Crippen molar-refractivity contribution in [2.75, 3.05) is 19.6 Å². The smallest absolute Gasteiger partial charge is 0.253 e. The van der Waals surface area contributed by atoms with Gasteiger partial charge in [0.15, 0.2) is 0 Å². The Balaban J connectivity index is 0.000000882. The van der Waals surface area contributed by atoms with Crippen molar-refractivity contribution in [2.24, 2.45) is 5.92 Å². The fourth-order valence-corrected chi connectivity index (χ4v) is 4.15. The Labute approximate surface area is 146 Å². The number of rotatable bonds is 2. The van der Waals surface area contributed by atoms with Crippen LogP contribution in [0.3, 0.4) is 0 Å². The number of benzene rings is 1. The van der Waals surface area contributed by atoms with Gasteiger partial charge in [-0.2, -0.15) is 0 Å². The largest absolute Gasteiger partial charge is 0.348 e. The Morgan fingerprint density at radius 1 is 1.27 bits per heavy atom. The van der Waals surface area contributed by atoms with E-state index in [1.165, 1.54) is 25.9 Å². The third-order valence-corrected chi connectivity index (χ3v) is 5.37. The van der Waals surface area contributed by atoms with Crippen molar-refractivity contribution < 1.29 is 4.79 Å². The Bertz CT molecular complexity index is 655. The van der Waals surface area contributed by atoms with Crippen LogP contribution in [0.25, 0.3) is 10.2 Å². The highest BCUT2D eigenvalue weighted by molar-refractivity contribution is 7.16. The minimum Gasteiger partial charge on any atom is -0.348 e. The Morgan fingerprint density at radius 2 is 2.05 bits per heavy atom. The Kier molecular flexibility index (Phi) is 5.66. The fraction of sp³-hybridized carbons (Fsp3) is 0.467. The van der Waals surface area contributed by atoms with Crippen molar-refractivity contribution in [3.05, 3.63) is 29.3 Å². The van der Waals surface area contributed by atoms with Crippen LogP contribution < -0.4 is 5.32 Å². The summed E-state index contributed by atoms with van der Waals surface area (Å²) in [7, 11) is 0. The van der Waals surface area contributed by atoms with Crippen LogP contribution in [0.5, 0.6) is 0 Å². The van der Waals surface area contributed by atoms with Gasteiger partial charge in [0.05, 0.1) is 21.3 Å². The normalized spacial score (nSPS) is 26.1. The molecule has 0 aliphatic carbocycles. The molecular formula is C15H19Cl2N3OS. The second-order valence-electron chi connectivity index (χ2n) is 5.72. The predicted octanol–water partition coefficient (Wildman–Crippen LogP) is 2.96. The van der Waals surface area contributed by atoms with E-state index < -0.39 is 0 Å². The molecule has 4 nitrogen and oxygen atoms in total. The van der Waals surface area contributed by atoms with Gasteiger partial charge in [-0.1, -0.05) is 6.07 Å². The maximum absolute atomic E-state index is 12.5. The first-order valence-corrected chi connectivity index (χ1v) is 8.04. The lowest BCUT2D eigenvalue weighted by molar-refractivity contribution is 0.0621. The number of aromatic nitrogens is 1. The molecule has 1 N–H and O–H groups in total. The van der Waals surface area contributed by atoms with Crippen molar-refractivity contribution in [3.8, 4) is 0 Å². The lowest BCUT2D eigenvalue weighted by Gasteiger charge is -2.44. The van der Waals surface area contributed by atoms with Gasteiger partial charge in [-0.15, -0.1) is 36.2 Å². The lowest BCUT2D eigenvalue weighted by atomic mass is 9.84.